The minimum absolute atomic E-state index is 0.0759. The Morgan fingerprint density at radius 3 is 2.36 bits per heavy atom. The summed E-state index contributed by atoms with van der Waals surface area (Å²) >= 11 is 0. The van der Waals surface area contributed by atoms with Gasteiger partial charge in [-0.2, -0.15) is 5.26 Å². The van der Waals surface area contributed by atoms with Crippen LogP contribution in [-0.4, -0.2) is 18.3 Å². The van der Waals surface area contributed by atoms with Crippen LogP contribution in [0.25, 0.3) is 33.4 Å². The van der Waals surface area contributed by atoms with Crippen molar-refractivity contribution in [2.24, 2.45) is 0 Å². The van der Waals surface area contributed by atoms with Crippen molar-refractivity contribution in [1.82, 2.24) is 4.98 Å². The highest BCUT2D eigenvalue weighted by atomic mass is 32.2. The molecular formula is C27H15FN4O6S. The Bertz CT molecular complexity index is 1970. The van der Waals surface area contributed by atoms with Gasteiger partial charge in [0.25, 0.3) is 15.7 Å². The topological polar surface area (TPSA) is 156 Å². The van der Waals surface area contributed by atoms with E-state index in [2.05, 4.69) is 9.71 Å². The number of rotatable bonds is 6. The molecule has 0 spiro atoms. The number of anilines is 1. The number of nitro benzene ring substituents is 1. The highest BCUT2D eigenvalue weighted by molar-refractivity contribution is 7.92. The summed E-state index contributed by atoms with van der Waals surface area (Å²) in [5, 5.41) is 21.4. The number of pyridine rings is 1. The molecule has 192 valence electrons. The van der Waals surface area contributed by atoms with E-state index in [0.29, 0.717) is 5.56 Å². The van der Waals surface area contributed by atoms with Crippen LogP contribution in [0.1, 0.15) is 5.56 Å². The molecule has 1 N–H and O–H groups in total. The van der Waals surface area contributed by atoms with E-state index in [0.717, 1.165) is 12.1 Å². The van der Waals surface area contributed by atoms with E-state index in [1.165, 1.54) is 66.7 Å². The molecule has 0 atom stereocenters. The molecule has 3 aromatic carbocycles. The van der Waals surface area contributed by atoms with Crippen molar-refractivity contribution in [3.05, 3.63) is 117 Å². The number of sulfonamides is 1. The van der Waals surface area contributed by atoms with Gasteiger partial charge in [-0.05, 0) is 60.2 Å². The zero-order valence-electron chi connectivity index (χ0n) is 19.7. The lowest BCUT2D eigenvalue weighted by Gasteiger charge is -2.14. The molecule has 0 amide bonds. The van der Waals surface area contributed by atoms with Crippen LogP contribution in [0.4, 0.5) is 15.9 Å². The van der Waals surface area contributed by atoms with Crippen LogP contribution < -0.4 is 10.3 Å². The van der Waals surface area contributed by atoms with Gasteiger partial charge in [-0.3, -0.25) is 14.8 Å². The maximum atomic E-state index is 13.9. The monoisotopic (exact) mass is 542 g/mol. The molecule has 2 heterocycles. The average molecular weight is 543 g/mol. The molecular weight excluding hydrogens is 527 g/mol. The molecule has 39 heavy (non-hydrogen) atoms. The molecule has 2 aromatic heterocycles. The van der Waals surface area contributed by atoms with Crippen molar-refractivity contribution in [2.45, 2.75) is 4.90 Å². The second-order valence-electron chi connectivity index (χ2n) is 8.24. The van der Waals surface area contributed by atoms with Gasteiger partial charge in [0.05, 0.1) is 21.1 Å². The first-order valence-electron chi connectivity index (χ1n) is 11.2. The summed E-state index contributed by atoms with van der Waals surface area (Å²) in [6.45, 7) is 0. The van der Waals surface area contributed by atoms with Gasteiger partial charge >= 0.3 is 5.63 Å². The summed E-state index contributed by atoms with van der Waals surface area (Å²) in [7, 11) is -4.22. The first-order chi connectivity index (χ1) is 18.7. The number of non-ortho nitro benzene ring substituents is 1. The van der Waals surface area contributed by atoms with E-state index < -0.39 is 26.4 Å². The largest absolute Gasteiger partial charge is 0.422 e. The van der Waals surface area contributed by atoms with Crippen molar-refractivity contribution < 1.29 is 22.1 Å². The molecule has 0 aliphatic rings. The molecule has 0 bridgehead atoms. The molecule has 0 aliphatic heterocycles. The number of aromatic nitrogens is 1. The Labute approximate surface area is 219 Å². The van der Waals surface area contributed by atoms with E-state index in [-0.39, 0.29) is 49.8 Å². The van der Waals surface area contributed by atoms with Crippen LogP contribution in [0.5, 0.6) is 0 Å². The lowest BCUT2D eigenvalue weighted by molar-refractivity contribution is -0.384. The van der Waals surface area contributed by atoms with Crippen LogP contribution in [0.3, 0.4) is 0 Å². The summed E-state index contributed by atoms with van der Waals surface area (Å²) < 4.78 is 47.7. The lowest BCUT2D eigenvalue weighted by atomic mass is 9.98. The van der Waals surface area contributed by atoms with E-state index in [1.807, 2.05) is 6.07 Å². The Morgan fingerprint density at radius 1 is 0.974 bits per heavy atom. The lowest BCUT2D eigenvalue weighted by Crippen LogP contribution is -2.16. The minimum atomic E-state index is -4.22. The van der Waals surface area contributed by atoms with Crippen LogP contribution in [0.15, 0.2) is 99.0 Å². The quantitative estimate of drug-likeness (QED) is 0.173. The normalized spacial score (nSPS) is 11.2. The van der Waals surface area contributed by atoms with Gasteiger partial charge < -0.3 is 4.42 Å². The van der Waals surface area contributed by atoms with E-state index in [1.54, 1.807) is 6.07 Å². The predicted molar refractivity (Wildman–Crippen MR) is 140 cm³/mol. The van der Waals surface area contributed by atoms with Crippen LogP contribution in [0, 0.1) is 27.3 Å². The van der Waals surface area contributed by atoms with Crippen LogP contribution in [-0.2, 0) is 10.0 Å². The number of nitrogens with zero attached hydrogens (tertiary/aromatic N) is 3. The summed E-state index contributed by atoms with van der Waals surface area (Å²) in [6, 6.07) is 20.8. The average Bonchev–Trinajstić information content (AvgIpc) is 2.93. The van der Waals surface area contributed by atoms with Crippen molar-refractivity contribution in [1.29, 1.82) is 5.26 Å². The van der Waals surface area contributed by atoms with Crippen LogP contribution in [0.2, 0.25) is 0 Å². The van der Waals surface area contributed by atoms with Gasteiger partial charge in [0, 0.05) is 23.1 Å². The number of fused-ring (bicyclic) bond motifs is 1. The van der Waals surface area contributed by atoms with Gasteiger partial charge in [0.1, 0.15) is 23.0 Å². The van der Waals surface area contributed by atoms with Crippen LogP contribution >= 0.6 is 0 Å². The summed E-state index contributed by atoms with van der Waals surface area (Å²) in [5.74, 6) is -0.955. The molecule has 10 nitrogen and oxygen atoms in total. The molecule has 0 saturated heterocycles. The first kappa shape index (κ1) is 25.2. The van der Waals surface area contributed by atoms with E-state index in [9.17, 15) is 33.0 Å². The number of hydrogen-bond acceptors (Lipinski definition) is 8. The number of nitriles is 1. The molecule has 0 saturated carbocycles. The SMILES string of the molecule is N#Cc1c(-c2ccc([N+](=O)[O-])cc2)cc(-c2cc3cc(F)ccc3oc2=O)nc1NS(=O)(=O)c1ccccc1. The second-order valence-corrected chi connectivity index (χ2v) is 9.93. The maximum Gasteiger partial charge on any atom is 0.345 e. The Morgan fingerprint density at radius 2 is 1.69 bits per heavy atom. The van der Waals surface area contributed by atoms with Crippen molar-refractivity contribution in [3.8, 4) is 28.5 Å². The Hall–Kier alpha value is -5.41. The maximum absolute atomic E-state index is 13.9. The molecule has 5 aromatic rings. The van der Waals surface area contributed by atoms with Gasteiger partial charge in [-0.25, -0.2) is 22.6 Å². The van der Waals surface area contributed by atoms with E-state index >= 15 is 0 Å². The number of nitrogens with one attached hydrogen (secondary N) is 1. The number of hydrogen-bond donors (Lipinski definition) is 1. The standard InChI is InChI=1S/C27H15FN4O6S/c28-18-8-11-25-17(12-18)13-22(27(33)38-25)24-14-21(16-6-9-19(10-7-16)32(34)35)23(15-29)26(30-24)31-39(36,37)20-4-2-1-3-5-20/h1-14H,(H,30,31). The third kappa shape index (κ3) is 4.94. The molecule has 0 fully saturated rings. The summed E-state index contributed by atoms with van der Waals surface area (Å²) in [4.78, 5) is 27.6. The fraction of sp³-hybridized carbons (Fsp3) is 0. The highest BCUT2D eigenvalue weighted by Gasteiger charge is 2.23. The number of nitro groups is 1. The Kier molecular flexibility index (Phi) is 6.35. The van der Waals surface area contributed by atoms with E-state index in [4.69, 9.17) is 4.42 Å². The third-order valence-electron chi connectivity index (χ3n) is 5.78. The van der Waals surface area contributed by atoms with Gasteiger partial charge in [-0.15, -0.1) is 0 Å². The van der Waals surface area contributed by atoms with Gasteiger partial charge in [-0.1, -0.05) is 18.2 Å². The van der Waals surface area contributed by atoms with Gasteiger partial charge in [0.15, 0.2) is 5.82 Å². The minimum Gasteiger partial charge on any atom is -0.422 e. The zero-order chi connectivity index (χ0) is 27.7. The Balaban J connectivity index is 1.76. The van der Waals surface area contributed by atoms with Gasteiger partial charge in [0.2, 0.25) is 0 Å². The highest BCUT2D eigenvalue weighted by Crippen LogP contribution is 2.34. The van der Waals surface area contributed by atoms with Crippen molar-refractivity contribution in [3.63, 3.8) is 0 Å². The van der Waals surface area contributed by atoms with Crippen molar-refractivity contribution >= 4 is 32.5 Å². The molecule has 0 unspecified atom stereocenters. The summed E-state index contributed by atoms with van der Waals surface area (Å²) in [6.07, 6.45) is 0. The van der Waals surface area contributed by atoms with Crippen molar-refractivity contribution in [2.75, 3.05) is 4.72 Å². The number of benzene rings is 3. The molecule has 0 radical (unpaired) electrons. The molecule has 0 aliphatic carbocycles. The smallest absolute Gasteiger partial charge is 0.345 e. The molecule has 12 heteroatoms. The second kappa shape index (κ2) is 9.81. The number of halogens is 1. The fourth-order valence-electron chi connectivity index (χ4n) is 3.92. The first-order valence-corrected chi connectivity index (χ1v) is 12.7. The zero-order valence-corrected chi connectivity index (χ0v) is 20.5. The fourth-order valence-corrected chi connectivity index (χ4v) is 4.95. The summed E-state index contributed by atoms with van der Waals surface area (Å²) in [5.41, 5.74) is -0.845. The molecule has 5 rings (SSSR count). The third-order valence-corrected chi connectivity index (χ3v) is 7.13. The predicted octanol–water partition coefficient (Wildman–Crippen LogP) is 5.24.